The van der Waals surface area contributed by atoms with Crippen LogP contribution in [0, 0.1) is 0 Å². The summed E-state index contributed by atoms with van der Waals surface area (Å²) in [6.45, 7) is 5.44. The fourth-order valence-corrected chi connectivity index (χ4v) is 3.68. The zero-order valence-electron chi connectivity index (χ0n) is 11.6. The highest BCUT2D eigenvalue weighted by molar-refractivity contribution is 7.89. The van der Waals surface area contributed by atoms with Gasteiger partial charge in [0.25, 0.3) is 0 Å². The number of methoxy groups -OCH3 is 1. The Morgan fingerprint density at radius 1 is 1.50 bits per heavy atom. The van der Waals surface area contributed by atoms with Crippen LogP contribution in [0.3, 0.4) is 0 Å². The summed E-state index contributed by atoms with van der Waals surface area (Å²) >= 11 is 0. The molecule has 1 N–H and O–H groups in total. The third kappa shape index (κ3) is 3.03. The highest BCUT2D eigenvalue weighted by Crippen LogP contribution is 2.26. The van der Waals surface area contributed by atoms with Crippen LogP contribution in [0.4, 0.5) is 5.69 Å². The molecule has 0 aliphatic carbocycles. The Morgan fingerprint density at radius 2 is 2.30 bits per heavy atom. The summed E-state index contributed by atoms with van der Waals surface area (Å²) in [7, 11) is -1.95. The van der Waals surface area contributed by atoms with Crippen LogP contribution in [-0.2, 0) is 21.2 Å². The van der Waals surface area contributed by atoms with E-state index in [0.717, 1.165) is 24.2 Å². The van der Waals surface area contributed by atoms with Gasteiger partial charge in [-0.2, -0.15) is 4.31 Å². The number of benzene rings is 1. The zero-order chi connectivity index (χ0) is 14.6. The van der Waals surface area contributed by atoms with E-state index in [1.807, 2.05) is 6.07 Å². The summed E-state index contributed by atoms with van der Waals surface area (Å²) in [6, 6.07) is 5.24. The van der Waals surface area contributed by atoms with E-state index in [9.17, 15) is 8.42 Å². The monoisotopic (exact) mass is 296 g/mol. The molecule has 0 aromatic heterocycles. The molecule has 110 valence electrons. The Kier molecular flexibility index (Phi) is 4.80. The van der Waals surface area contributed by atoms with E-state index >= 15 is 0 Å². The Balaban J connectivity index is 2.29. The van der Waals surface area contributed by atoms with Gasteiger partial charge in [-0.1, -0.05) is 6.08 Å². The quantitative estimate of drug-likeness (QED) is 0.774. The summed E-state index contributed by atoms with van der Waals surface area (Å²) < 4.78 is 31.6. The highest BCUT2D eigenvalue weighted by Gasteiger charge is 2.24. The van der Waals surface area contributed by atoms with Gasteiger partial charge in [-0.3, -0.25) is 0 Å². The van der Waals surface area contributed by atoms with Crippen molar-refractivity contribution >= 4 is 15.7 Å². The number of rotatable bonds is 7. The maximum atomic E-state index is 12.6. The van der Waals surface area contributed by atoms with Crippen molar-refractivity contribution in [3.05, 3.63) is 36.4 Å². The van der Waals surface area contributed by atoms with Gasteiger partial charge in [-0.05, 0) is 30.2 Å². The molecule has 0 amide bonds. The van der Waals surface area contributed by atoms with Gasteiger partial charge in [-0.25, -0.2) is 8.42 Å². The highest BCUT2D eigenvalue weighted by atomic mass is 32.2. The van der Waals surface area contributed by atoms with Crippen molar-refractivity contribution in [2.24, 2.45) is 0 Å². The van der Waals surface area contributed by atoms with E-state index in [1.54, 1.807) is 25.3 Å². The molecule has 1 aliphatic rings. The zero-order valence-corrected chi connectivity index (χ0v) is 12.4. The molecule has 0 fully saturated rings. The average Bonchev–Trinajstić information content (AvgIpc) is 2.90. The second-order valence-corrected chi connectivity index (χ2v) is 6.58. The van der Waals surface area contributed by atoms with Gasteiger partial charge in [0.15, 0.2) is 0 Å². The molecule has 0 spiro atoms. The summed E-state index contributed by atoms with van der Waals surface area (Å²) in [5.74, 6) is 0. The number of nitrogens with zero attached hydrogens (tertiary/aromatic N) is 1. The smallest absolute Gasteiger partial charge is 0.243 e. The lowest BCUT2D eigenvalue weighted by Gasteiger charge is -2.20. The Hall–Kier alpha value is -1.37. The lowest BCUT2D eigenvalue weighted by atomic mass is 10.2. The molecular formula is C14H20N2O3S. The second-order valence-electron chi connectivity index (χ2n) is 4.64. The van der Waals surface area contributed by atoms with Crippen molar-refractivity contribution in [2.75, 3.05) is 38.7 Å². The summed E-state index contributed by atoms with van der Waals surface area (Å²) in [5.41, 5.74) is 2.08. The van der Waals surface area contributed by atoms with Crippen molar-refractivity contribution in [3.63, 3.8) is 0 Å². The first-order chi connectivity index (χ1) is 9.59. The number of nitrogens with one attached hydrogen (secondary N) is 1. The molecule has 2 rings (SSSR count). The van der Waals surface area contributed by atoms with Gasteiger partial charge in [0.1, 0.15) is 0 Å². The van der Waals surface area contributed by atoms with E-state index in [1.165, 1.54) is 4.31 Å². The maximum absolute atomic E-state index is 12.6. The number of fused-ring (bicyclic) bond motifs is 1. The van der Waals surface area contributed by atoms with Crippen molar-refractivity contribution in [3.8, 4) is 0 Å². The fraction of sp³-hybridized carbons (Fsp3) is 0.429. The molecule has 5 nitrogen and oxygen atoms in total. The first kappa shape index (κ1) is 15.0. The number of hydrogen-bond donors (Lipinski definition) is 1. The van der Waals surface area contributed by atoms with Crippen LogP contribution in [0.25, 0.3) is 0 Å². The lowest BCUT2D eigenvalue weighted by Crippen LogP contribution is -2.34. The van der Waals surface area contributed by atoms with E-state index in [2.05, 4.69) is 11.9 Å². The minimum atomic E-state index is -3.50. The second kappa shape index (κ2) is 6.39. The molecule has 0 atom stereocenters. The van der Waals surface area contributed by atoms with Crippen molar-refractivity contribution in [2.45, 2.75) is 11.3 Å². The molecule has 1 aliphatic heterocycles. The van der Waals surface area contributed by atoms with Crippen LogP contribution in [0.1, 0.15) is 5.56 Å². The van der Waals surface area contributed by atoms with E-state index in [0.29, 0.717) is 18.0 Å². The predicted molar refractivity (Wildman–Crippen MR) is 79.5 cm³/mol. The standard InChI is InChI=1S/C14H20N2O3S/c1-3-8-16(9-10-19-2)20(17,18)13-4-5-14-12(11-13)6-7-15-14/h3-5,11,15H,1,6-10H2,2H3. The van der Waals surface area contributed by atoms with E-state index in [4.69, 9.17) is 4.74 Å². The van der Waals surface area contributed by atoms with Crippen LogP contribution in [-0.4, -0.2) is 46.1 Å². The molecule has 0 bridgehead atoms. The van der Waals surface area contributed by atoms with Gasteiger partial charge in [0.05, 0.1) is 11.5 Å². The Bertz CT molecular complexity index is 584. The van der Waals surface area contributed by atoms with Gasteiger partial charge in [0, 0.05) is 32.4 Å². The molecule has 6 heteroatoms. The first-order valence-corrected chi connectivity index (χ1v) is 8.00. The number of sulfonamides is 1. The van der Waals surface area contributed by atoms with Crippen molar-refractivity contribution in [1.29, 1.82) is 0 Å². The fourth-order valence-electron chi connectivity index (χ4n) is 2.24. The molecule has 0 saturated heterocycles. The molecule has 1 aromatic carbocycles. The van der Waals surface area contributed by atoms with Crippen LogP contribution < -0.4 is 5.32 Å². The van der Waals surface area contributed by atoms with Crippen molar-refractivity contribution in [1.82, 2.24) is 4.31 Å². The largest absolute Gasteiger partial charge is 0.384 e. The van der Waals surface area contributed by atoms with Crippen LogP contribution in [0.5, 0.6) is 0 Å². The van der Waals surface area contributed by atoms with Crippen LogP contribution in [0.15, 0.2) is 35.7 Å². The first-order valence-electron chi connectivity index (χ1n) is 6.56. The number of ether oxygens (including phenoxy) is 1. The third-order valence-corrected chi connectivity index (χ3v) is 5.16. The lowest BCUT2D eigenvalue weighted by molar-refractivity contribution is 0.182. The molecule has 0 radical (unpaired) electrons. The predicted octanol–water partition coefficient (Wildman–Crippen LogP) is 1.48. The normalized spacial score (nSPS) is 14.1. The molecule has 1 aromatic rings. The van der Waals surface area contributed by atoms with Crippen LogP contribution >= 0.6 is 0 Å². The summed E-state index contributed by atoms with van der Waals surface area (Å²) in [6.07, 6.45) is 2.44. The Labute approximate surface area is 120 Å². The minimum absolute atomic E-state index is 0.279. The van der Waals surface area contributed by atoms with Gasteiger partial charge in [-0.15, -0.1) is 6.58 Å². The number of hydrogen-bond acceptors (Lipinski definition) is 4. The third-order valence-electron chi connectivity index (χ3n) is 3.30. The van der Waals surface area contributed by atoms with E-state index in [-0.39, 0.29) is 6.54 Å². The van der Waals surface area contributed by atoms with Gasteiger partial charge >= 0.3 is 0 Å². The molecule has 20 heavy (non-hydrogen) atoms. The van der Waals surface area contributed by atoms with E-state index < -0.39 is 10.0 Å². The summed E-state index contributed by atoms with van der Waals surface area (Å²) in [5, 5.41) is 3.22. The van der Waals surface area contributed by atoms with Crippen molar-refractivity contribution < 1.29 is 13.2 Å². The average molecular weight is 296 g/mol. The maximum Gasteiger partial charge on any atom is 0.243 e. The SMILES string of the molecule is C=CCN(CCOC)S(=O)(=O)c1ccc2c(c1)CCN2. The topological polar surface area (TPSA) is 58.6 Å². The number of anilines is 1. The molecule has 1 heterocycles. The molecular weight excluding hydrogens is 276 g/mol. The van der Waals surface area contributed by atoms with Crippen LogP contribution in [0.2, 0.25) is 0 Å². The summed E-state index contributed by atoms with van der Waals surface area (Å²) in [4.78, 5) is 0.331. The Morgan fingerprint density at radius 3 is 3.00 bits per heavy atom. The molecule has 0 unspecified atom stereocenters. The molecule has 0 saturated carbocycles. The van der Waals surface area contributed by atoms with Gasteiger partial charge in [0.2, 0.25) is 10.0 Å². The van der Waals surface area contributed by atoms with Gasteiger partial charge < -0.3 is 10.1 Å². The minimum Gasteiger partial charge on any atom is -0.384 e.